The van der Waals surface area contributed by atoms with Crippen LogP contribution in [0.2, 0.25) is 0 Å². The van der Waals surface area contributed by atoms with Crippen LogP contribution in [0.4, 0.5) is 0 Å². The van der Waals surface area contributed by atoms with Crippen molar-refractivity contribution in [2.75, 3.05) is 26.8 Å². The molecule has 128 valence electrons. The highest BCUT2D eigenvalue weighted by molar-refractivity contribution is 5.95. The highest BCUT2D eigenvalue weighted by atomic mass is 16.5. The summed E-state index contributed by atoms with van der Waals surface area (Å²) >= 11 is 0. The van der Waals surface area contributed by atoms with Crippen molar-refractivity contribution in [2.24, 2.45) is 0 Å². The minimum atomic E-state index is -0.170. The Kier molecular flexibility index (Phi) is 4.86. The van der Waals surface area contributed by atoms with Crippen LogP contribution < -0.4 is 5.32 Å². The average Bonchev–Trinajstić information content (AvgIpc) is 3.02. The van der Waals surface area contributed by atoms with E-state index in [1.54, 1.807) is 6.07 Å². The average molecular weight is 330 g/mol. The number of aromatic nitrogens is 4. The van der Waals surface area contributed by atoms with Gasteiger partial charge >= 0.3 is 0 Å². The molecule has 1 aliphatic rings. The van der Waals surface area contributed by atoms with Gasteiger partial charge in [0.25, 0.3) is 5.91 Å². The number of nitrogens with zero attached hydrogens (tertiary/aromatic N) is 4. The number of hydrogen-bond donors (Lipinski definition) is 2. The number of ether oxygens (including phenoxy) is 1. The first-order valence-electron chi connectivity index (χ1n) is 7.96. The van der Waals surface area contributed by atoms with Gasteiger partial charge in [0.1, 0.15) is 5.82 Å². The number of rotatable bonds is 4. The third-order valence-electron chi connectivity index (χ3n) is 4.13. The first-order valence-corrected chi connectivity index (χ1v) is 7.96. The maximum Gasteiger partial charge on any atom is 0.253 e. The Hall–Kier alpha value is -2.32. The molecular formula is C16H22N6O2. The molecule has 24 heavy (non-hydrogen) atoms. The lowest BCUT2D eigenvalue weighted by Crippen LogP contribution is -2.37. The maximum atomic E-state index is 12.3. The van der Waals surface area contributed by atoms with Crippen LogP contribution >= 0.6 is 0 Å². The van der Waals surface area contributed by atoms with Crippen molar-refractivity contribution < 1.29 is 9.53 Å². The molecule has 2 N–H and O–H groups in total. The lowest BCUT2D eigenvalue weighted by Gasteiger charge is -2.30. The molecule has 8 nitrogen and oxygen atoms in total. The molecule has 0 bridgehead atoms. The fraction of sp³-hybridized carbons (Fsp3) is 0.500. The summed E-state index contributed by atoms with van der Waals surface area (Å²) in [5.41, 5.74) is 2.18. The van der Waals surface area contributed by atoms with Crippen LogP contribution in [-0.2, 0) is 11.3 Å². The number of pyridine rings is 1. The number of hydrogen-bond acceptors (Lipinski definition) is 6. The van der Waals surface area contributed by atoms with E-state index >= 15 is 0 Å². The molecule has 2 aromatic heterocycles. The molecule has 0 saturated carbocycles. The summed E-state index contributed by atoms with van der Waals surface area (Å²) in [5, 5.41) is 9.97. The molecule has 0 radical (unpaired) electrons. The second-order valence-electron chi connectivity index (χ2n) is 5.98. The van der Waals surface area contributed by atoms with Gasteiger partial charge in [0.2, 0.25) is 0 Å². The van der Waals surface area contributed by atoms with E-state index in [1.807, 2.05) is 27.0 Å². The minimum absolute atomic E-state index is 0.0444. The van der Waals surface area contributed by atoms with Crippen LogP contribution in [0.5, 0.6) is 0 Å². The predicted molar refractivity (Wildman–Crippen MR) is 87.5 cm³/mol. The van der Waals surface area contributed by atoms with Crippen LogP contribution in [0.1, 0.15) is 39.4 Å². The number of morpholine rings is 1. The Labute approximate surface area is 140 Å². The lowest BCUT2D eigenvalue weighted by atomic mass is 10.2. The molecule has 1 unspecified atom stereocenters. The lowest BCUT2D eigenvalue weighted by molar-refractivity contribution is 0.00193. The summed E-state index contributed by atoms with van der Waals surface area (Å²) in [6, 6.07) is 3.66. The monoisotopic (exact) mass is 330 g/mol. The van der Waals surface area contributed by atoms with Gasteiger partial charge < -0.3 is 10.1 Å². The molecule has 0 spiro atoms. The molecule has 0 aromatic carbocycles. The van der Waals surface area contributed by atoms with E-state index in [0.29, 0.717) is 29.5 Å². The standard InChI is InChI=1S/C16H22N6O2/c1-10-4-5-12(11(2)18-10)16(23)17-8-14-19-15(21-20-14)13-9-24-7-6-22(13)3/h4-5,13H,6-9H2,1-3H3,(H,17,23)(H,19,20,21). The highest BCUT2D eigenvalue weighted by Crippen LogP contribution is 2.18. The molecule has 1 atom stereocenters. The third-order valence-corrected chi connectivity index (χ3v) is 4.13. The fourth-order valence-corrected chi connectivity index (χ4v) is 2.68. The molecule has 0 aliphatic carbocycles. The van der Waals surface area contributed by atoms with Crippen molar-refractivity contribution in [3.63, 3.8) is 0 Å². The molecule has 3 rings (SSSR count). The van der Waals surface area contributed by atoms with E-state index in [4.69, 9.17) is 4.74 Å². The summed E-state index contributed by atoms with van der Waals surface area (Å²) in [6.07, 6.45) is 0. The zero-order chi connectivity index (χ0) is 17.1. The zero-order valence-corrected chi connectivity index (χ0v) is 14.2. The van der Waals surface area contributed by atoms with Crippen LogP contribution in [-0.4, -0.2) is 57.8 Å². The Bertz CT molecular complexity index is 729. The van der Waals surface area contributed by atoms with E-state index in [0.717, 1.165) is 18.8 Å². The van der Waals surface area contributed by atoms with Crippen LogP contribution in [0.25, 0.3) is 0 Å². The van der Waals surface area contributed by atoms with E-state index in [1.165, 1.54) is 0 Å². The van der Waals surface area contributed by atoms with Crippen molar-refractivity contribution in [3.05, 3.63) is 40.7 Å². The van der Waals surface area contributed by atoms with Crippen molar-refractivity contribution in [1.29, 1.82) is 0 Å². The molecule has 1 saturated heterocycles. The van der Waals surface area contributed by atoms with E-state index in [9.17, 15) is 4.79 Å². The number of carbonyl (C=O) groups excluding carboxylic acids is 1. The number of aryl methyl sites for hydroxylation is 2. The van der Waals surface area contributed by atoms with Crippen LogP contribution in [0.15, 0.2) is 12.1 Å². The minimum Gasteiger partial charge on any atom is -0.378 e. The predicted octanol–water partition coefficient (Wildman–Crippen LogP) is 0.750. The van der Waals surface area contributed by atoms with Gasteiger partial charge in [0.15, 0.2) is 5.82 Å². The summed E-state index contributed by atoms with van der Waals surface area (Å²) in [5.74, 6) is 1.14. The summed E-state index contributed by atoms with van der Waals surface area (Å²) in [6.45, 7) is 6.17. The molecule has 1 aliphatic heterocycles. The van der Waals surface area contributed by atoms with Gasteiger partial charge in [-0.05, 0) is 33.0 Å². The van der Waals surface area contributed by atoms with Gasteiger partial charge in [-0.25, -0.2) is 4.98 Å². The van der Waals surface area contributed by atoms with Gasteiger partial charge in [-0.1, -0.05) is 0 Å². The van der Waals surface area contributed by atoms with Crippen molar-refractivity contribution in [1.82, 2.24) is 30.4 Å². The topological polar surface area (TPSA) is 96.0 Å². The van der Waals surface area contributed by atoms with Gasteiger partial charge in [0, 0.05) is 12.2 Å². The number of likely N-dealkylation sites (N-methyl/N-ethyl adjacent to an activating group) is 1. The Balaban J connectivity index is 1.62. The first-order chi connectivity index (χ1) is 11.5. The fourth-order valence-electron chi connectivity index (χ4n) is 2.68. The van der Waals surface area contributed by atoms with E-state index in [2.05, 4.69) is 30.4 Å². The number of carbonyl (C=O) groups is 1. The second kappa shape index (κ2) is 7.06. The third kappa shape index (κ3) is 3.60. The largest absolute Gasteiger partial charge is 0.378 e. The SMILES string of the molecule is Cc1ccc(C(=O)NCc2nc(C3COCCN3C)n[nH]2)c(C)n1. The molecular weight excluding hydrogens is 308 g/mol. The van der Waals surface area contributed by atoms with Gasteiger partial charge in [0.05, 0.1) is 37.1 Å². The van der Waals surface area contributed by atoms with Gasteiger partial charge in [-0.15, -0.1) is 0 Å². The normalized spacial score (nSPS) is 18.5. The first kappa shape index (κ1) is 16.5. The molecule has 8 heteroatoms. The number of aromatic amines is 1. The molecule has 2 aromatic rings. The van der Waals surface area contributed by atoms with Gasteiger partial charge in [-0.2, -0.15) is 5.10 Å². The molecule has 1 fully saturated rings. The molecule has 3 heterocycles. The summed E-state index contributed by atoms with van der Waals surface area (Å²) in [7, 11) is 2.03. The van der Waals surface area contributed by atoms with E-state index < -0.39 is 0 Å². The Morgan fingerprint density at radius 2 is 2.25 bits per heavy atom. The van der Waals surface area contributed by atoms with E-state index in [-0.39, 0.29) is 18.5 Å². The summed E-state index contributed by atoms with van der Waals surface area (Å²) < 4.78 is 5.48. The number of nitrogens with one attached hydrogen (secondary N) is 2. The summed E-state index contributed by atoms with van der Waals surface area (Å²) in [4.78, 5) is 23.2. The van der Waals surface area contributed by atoms with Crippen LogP contribution in [0, 0.1) is 13.8 Å². The Morgan fingerprint density at radius 3 is 3.00 bits per heavy atom. The smallest absolute Gasteiger partial charge is 0.253 e. The van der Waals surface area contributed by atoms with Crippen molar-refractivity contribution in [2.45, 2.75) is 26.4 Å². The number of amides is 1. The van der Waals surface area contributed by atoms with Crippen LogP contribution in [0.3, 0.4) is 0 Å². The Morgan fingerprint density at radius 1 is 1.42 bits per heavy atom. The quantitative estimate of drug-likeness (QED) is 0.859. The molecule has 1 amide bonds. The van der Waals surface area contributed by atoms with Gasteiger partial charge in [-0.3, -0.25) is 19.8 Å². The highest BCUT2D eigenvalue weighted by Gasteiger charge is 2.25. The maximum absolute atomic E-state index is 12.3. The zero-order valence-electron chi connectivity index (χ0n) is 14.2. The second-order valence-corrected chi connectivity index (χ2v) is 5.98. The number of H-pyrrole nitrogens is 1. The van der Waals surface area contributed by atoms with Crippen molar-refractivity contribution >= 4 is 5.91 Å². The van der Waals surface area contributed by atoms with Crippen molar-refractivity contribution in [3.8, 4) is 0 Å².